The molecule has 0 saturated carbocycles. The SMILES string of the molecule is CN=C(NCCCCOCCOC)N(C)Cc1cccn1C.I. The third kappa shape index (κ3) is 9.17. The fourth-order valence-corrected chi connectivity index (χ4v) is 2.14. The van der Waals surface area contributed by atoms with Gasteiger partial charge in [0.25, 0.3) is 0 Å². The molecule has 0 spiro atoms. The number of nitrogens with zero attached hydrogens (tertiary/aromatic N) is 3. The van der Waals surface area contributed by atoms with E-state index < -0.39 is 0 Å². The Morgan fingerprint density at radius 1 is 1.30 bits per heavy atom. The molecular formula is C16H31IN4O2. The number of unbranched alkanes of at least 4 members (excludes halogenated alkanes) is 1. The molecule has 23 heavy (non-hydrogen) atoms. The van der Waals surface area contributed by atoms with E-state index in [0.29, 0.717) is 13.2 Å². The van der Waals surface area contributed by atoms with Crippen LogP contribution in [0.3, 0.4) is 0 Å². The second kappa shape index (κ2) is 13.6. The zero-order chi connectivity index (χ0) is 16.2. The maximum absolute atomic E-state index is 5.44. The number of rotatable bonds is 10. The first-order valence-electron chi connectivity index (χ1n) is 7.77. The highest BCUT2D eigenvalue weighted by atomic mass is 127. The van der Waals surface area contributed by atoms with Crippen molar-refractivity contribution in [2.45, 2.75) is 19.4 Å². The first-order chi connectivity index (χ1) is 10.7. The van der Waals surface area contributed by atoms with Crippen molar-refractivity contribution in [1.82, 2.24) is 14.8 Å². The molecule has 0 aromatic carbocycles. The molecule has 1 heterocycles. The molecule has 1 rings (SSSR count). The molecular weight excluding hydrogens is 407 g/mol. The zero-order valence-corrected chi connectivity index (χ0v) is 17.1. The first-order valence-corrected chi connectivity index (χ1v) is 7.77. The Kier molecular flexibility index (Phi) is 13.1. The van der Waals surface area contributed by atoms with E-state index in [0.717, 1.165) is 38.5 Å². The van der Waals surface area contributed by atoms with Crippen molar-refractivity contribution in [3.63, 3.8) is 0 Å². The highest BCUT2D eigenvalue weighted by molar-refractivity contribution is 14.0. The Hall–Kier alpha value is -0.800. The van der Waals surface area contributed by atoms with Gasteiger partial charge in [-0.2, -0.15) is 0 Å². The minimum atomic E-state index is 0. The van der Waals surface area contributed by atoms with Crippen LogP contribution in [0.5, 0.6) is 0 Å². The number of guanidine groups is 1. The molecule has 0 aliphatic rings. The number of halogens is 1. The number of aliphatic imine (C=N–C) groups is 1. The van der Waals surface area contributed by atoms with Crippen molar-refractivity contribution < 1.29 is 9.47 Å². The van der Waals surface area contributed by atoms with E-state index in [1.54, 1.807) is 7.11 Å². The van der Waals surface area contributed by atoms with Crippen molar-refractivity contribution in [3.05, 3.63) is 24.0 Å². The Labute approximate surface area is 157 Å². The number of nitrogens with one attached hydrogen (secondary N) is 1. The first kappa shape index (κ1) is 22.2. The quantitative estimate of drug-likeness (QED) is 0.263. The van der Waals surface area contributed by atoms with Crippen LogP contribution in [-0.4, -0.2) is 63.0 Å². The van der Waals surface area contributed by atoms with E-state index in [9.17, 15) is 0 Å². The molecule has 0 amide bonds. The van der Waals surface area contributed by atoms with Crippen molar-refractivity contribution in [1.29, 1.82) is 0 Å². The molecule has 7 heteroatoms. The summed E-state index contributed by atoms with van der Waals surface area (Å²) in [6.45, 7) is 3.85. The zero-order valence-electron chi connectivity index (χ0n) is 14.7. The fourth-order valence-electron chi connectivity index (χ4n) is 2.14. The lowest BCUT2D eigenvalue weighted by atomic mass is 10.3. The maximum atomic E-state index is 5.44. The Morgan fingerprint density at radius 3 is 2.70 bits per heavy atom. The van der Waals surface area contributed by atoms with E-state index in [2.05, 4.69) is 52.2 Å². The van der Waals surface area contributed by atoms with Crippen molar-refractivity contribution in [3.8, 4) is 0 Å². The second-order valence-electron chi connectivity index (χ2n) is 5.25. The summed E-state index contributed by atoms with van der Waals surface area (Å²) < 4.78 is 12.5. The third-order valence-corrected chi connectivity index (χ3v) is 3.45. The van der Waals surface area contributed by atoms with Gasteiger partial charge < -0.3 is 24.3 Å². The number of ether oxygens (including phenoxy) is 2. The summed E-state index contributed by atoms with van der Waals surface area (Å²) in [6.07, 6.45) is 4.15. The molecule has 0 bridgehead atoms. The van der Waals surface area contributed by atoms with Gasteiger partial charge in [0.15, 0.2) is 5.96 Å². The van der Waals surface area contributed by atoms with Gasteiger partial charge in [-0.1, -0.05) is 0 Å². The minimum absolute atomic E-state index is 0. The number of hydrogen-bond acceptors (Lipinski definition) is 3. The molecule has 6 nitrogen and oxygen atoms in total. The molecule has 0 radical (unpaired) electrons. The summed E-state index contributed by atoms with van der Waals surface area (Å²) in [6, 6.07) is 4.18. The van der Waals surface area contributed by atoms with Gasteiger partial charge in [-0.15, -0.1) is 24.0 Å². The van der Waals surface area contributed by atoms with Crippen LogP contribution in [0.15, 0.2) is 23.3 Å². The fraction of sp³-hybridized carbons (Fsp3) is 0.688. The van der Waals surface area contributed by atoms with Crippen molar-refractivity contribution in [2.75, 3.05) is 47.6 Å². The van der Waals surface area contributed by atoms with Crippen LogP contribution in [0, 0.1) is 0 Å². The van der Waals surface area contributed by atoms with Gasteiger partial charge in [0.1, 0.15) is 0 Å². The predicted octanol–water partition coefficient (Wildman–Crippen LogP) is 2.09. The number of methoxy groups -OCH3 is 1. The summed E-state index contributed by atoms with van der Waals surface area (Å²) in [5, 5.41) is 3.39. The topological polar surface area (TPSA) is 51.0 Å². The Bertz CT molecular complexity index is 437. The van der Waals surface area contributed by atoms with Gasteiger partial charge in [-0.3, -0.25) is 4.99 Å². The summed E-state index contributed by atoms with van der Waals surface area (Å²) >= 11 is 0. The highest BCUT2D eigenvalue weighted by Gasteiger charge is 2.07. The van der Waals surface area contributed by atoms with Gasteiger partial charge in [0.2, 0.25) is 0 Å². The minimum Gasteiger partial charge on any atom is -0.382 e. The van der Waals surface area contributed by atoms with Gasteiger partial charge in [0.05, 0.1) is 19.8 Å². The molecule has 0 fully saturated rings. The van der Waals surface area contributed by atoms with Crippen LogP contribution < -0.4 is 5.32 Å². The summed E-state index contributed by atoms with van der Waals surface area (Å²) in [5.41, 5.74) is 1.26. The highest BCUT2D eigenvalue weighted by Crippen LogP contribution is 2.03. The van der Waals surface area contributed by atoms with E-state index in [4.69, 9.17) is 9.47 Å². The van der Waals surface area contributed by atoms with Gasteiger partial charge >= 0.3 is 0 Å². The normalized spacial score (nSPS) is 11.2. The molecule has 0 aliphatic carbocycles. The lowest BCUT2D eigenvalue weighted by molar-refractivity contribution is 0.0689. The standard InChI is InChI=1S/C16H30N4O2.HI/c1-17-16(18-9-5-6-11-22-13-12-21-4)20(3)14-15-8-7-10-19(15)2;/h7-8,10H,5-6,9,11-14H2,1-4H3,(H,17,18);1H. The van der Waals surface area contributed by atoms with Crippen molar-refractivity contribution in [2.24, 2.45) is 12.0 Å². The summed E-state index contributed by atoms with van der Waals surface area (Å²) in [5.74, 6) is 0.918. The smallest absolute Gasteiger partial charge is 0.193 e. The molecule has 134 valence electrons. The molecule has 1 N–H and O–H groups in total. The third-order valence-electron chi connectivity index (χ3n) is 3.45. The largest absolute Gasteiger partial charge is 0.382 e. The van der Waals surface area contributed by atoms with E-state index in [-0.39, 0.29) is 24.0 Å². The number of aryl methyl sites for hydroxylation is 1. The monoisotopic (exact) mass is 438 g/mol. The van der Waals surface area contributed by atoms with Gasteiger partial charge in [-0.25, -0.2) is 0 Å². The van der Waals surface area contributed by atoms with Crippen LogP contribution in [-0.2, 0) is 23.1 Å². The van der Waals surface area contributed by atoms with E-state index in [1.807, 2.05) is 7.05 Å². The molecule has 1 aromatic heterocycles. The average molecular weight is 438 g/mol. The molecule has 0 unspecified atom stereocenters. The summed E-state index contributed by atoms with van der Waals surface area (Å²) in [7, 11) is 7.61. The second-order valence-corrected chi connectivity index (χ2v) is 5.25. The maximum Gasteiger partial charge on any atom is 0.193 e. The van der Waals surface area contributed by atoms with E-state index >= 15 is 0 Å². The van der Waals surface area contributed by atoms with Crippen LogP contribution in [0.1, 0.15) is 18.5 Å². The van der Waals surface area contributed by atoms with Gasteiger partial charge in [0, 0.05) is 53.3 Å². The number of aromatic nitrogens is 1. The molecule has 1 aromatic rings. The average Bonchev–Trinajstić information content (AvgIpc) is 2.91. The lowest BCUT2D eigenvalue weighted by Gasteiger charge is -2.22. The number of hydrogen-bond donors (Lipinski definition) is 1. The van der Waals surface area contributed by atoms with E-state index in [1.165, 1.54) is 5.69 Å². The lowest BCUT2D eigenvalue weighted by Crippen LogP contribution is -2.39. The van der Waals surface area contributed by atoms with Crippen LogP contribution in [0.25, 0.3) is 0 Å². The van der Waals surface area contributed by atoms with Gasteiger partial charge in [-0.05, 0) is 25.0 Å². The molecule has 0 atom stereocenters. The summed E-state index contributed by atoms with van der Waals surface area (Å²) in [4.78, 5) is 6.46. The molecule has 0 aliphatic heterocycles. The molecule has 0 saturated heterocycles. The Morgan fingerprint density at radius 2 is 2.09 bits per heavy atom. The Balaban J connectivity index is 0.00000484. The van der Waals surface area contributed by atoms with Crippen molar-refractivity contribution >= 4 is 29.9 Å². The predicted molar refractivity (Wildman–Crippen MR) is 106 cm³/mol. The van der Waals surface area contributed by atoms with Crippen LogP contribution >= 0.6 is 24.0 Å². The van der Waals surface area contributed by atoms with Crippen LogP contribution in [0.4, 0.5) is 0 Å². The van der Waals surface area contributed by atoms with Crippen LogP contribution in [0.2, 0.25) is 0 Å².